The first-order chi connectivity index (χ1) is 19.4. The molecule has 0 aliphatic heterocycles. The summed E-state index contributed by atoms with van der Waals surface area (Å²) in [6.07, 6.45) is 0.474. The standard InChI is InChI=1S/C30H30N4O5S/c1-36-25-10-9-17(21-16-40-34-28(21)19-13-26(37-2)29(39-4)27(14-19)38-3)12-24(25)33-30(35)22(31)15-20-11-18-7-5-6-8-23(18)32-20/h5-14,16,22,32H,15,31H2,1-4H3,(H,33,35)/p+1/t22-/m1/s1. The van der Waals surface area contributed by atoms with Crippen LogP contribution in [-0.4, -0.2) is 49.7 Å². The van der Waals surface area contributed by atoms with Gasteiger partial charge in [-0.3, -0.25) is 4.79 Å². The number of aromatic amines is 1. The molecule has 1 amide bonds. The van der Waals surface area contributed by atoms with Crippen LogP contribution >= 0.6 is 11.5 Å². The second-order valence-corrected chi connectivity index (χ2v) is 9.81. The number of rotatable bonds is 10. The molecule has 0 aliphatic rings. The minimum absolute atomic E-state index is 0.206. The Kier molecular flexibility index (Phi) is 7.90. The highest BCUT2D eigenvalue weighted by atomic mass is 32.1. The summed E-state index contributed by atoms with van der Waals surface area (Å²) in [6.45, 7) is 0. The van der Waals surface area contributed by atoms with Crippen LogP contribution in [0.5, 0.6) is 23.0 Å². The fourth-order valence-corrected chi connectivity index (χ4v) is 5.39. The lowest BCUT2D eigenvalue weighted by Gasteiger charge is -2.15. The smallest absolute Gasteiger partial charge is 0.283 e. The van der Waals surface area contributed by atoms with Crippen molar-refractivity contribution >= 4 is 34.0 Å². The topological polar surface area (TPSA) is 122 Å². The molecule has 1 atom stereocenters. The summed E-state index contributed by atoms with van der Waals surface area (Å²) in [5, 5.41) is 6.08. The summed E-state index contributed by atoms with van der Waals surface area (Å²) in [5.74, 6) is 1.93. The van der Waals surface area contributed by atoms with Crippen LogP contribution in [0.1, 0.15) is 5.69 Å². The normalized spacial score (nSPS) is 11.7. The van der Waals surface area contributed by atoms with Crippen LogP contribution in [0.4, 0.5) is 5.69 Å². The Morgan fingerprint density at radius 2 is 1.65 bits per heavy atom. The van der Waals surface area contributed by atoms with E-state index in [0.717, 1.165) is 39.0 Å². The average molecular weight is 560 g/mol. The van der Waals surface area contributed by atoms with E-state index in [1.807, 2.05) is 60.0 Å². The number of carbonyl (C=O) groups excluding carboxylic acids is 1. The molecule has 2 heterocycles. The summed E-state index contributed by atoms with van der Waals surface area (Å²) in [4.78, 5) is 16.6. The molecule has 9 nitrogen and oxygen atoms in total. The zero-order valence-electron chi connectivity index (χ0n) is 22.7. The molecule has 3 aromatic carbocycles. The Labute approximate surface area is 236 Å². The average Bonchev–Trinajstić information content (AvgIpc) is 3.63. The second-order valence-electron chi connectivity index (χ2n) is 9.18. The van der Waals surface area contributed by atoms with Gasteiger partial charge in [0.25, 0.3) is 5.91 Å². The van der Waals surface area contributed by atoms with E-state index in [1.54, 1.807) is 28.4 Å². The molecule has 5 aromatic rings. The number of nitrogens with one attached hydrogen (secondary N) is 2. The van der Waals surface area contributed by atoms with Gasteiger partial charge in [-0.15, -0.1) is 0 Å². The van der Waals surface area contributed by atoms with Gasteiger partial charge >= 0.3 is 0 Å². The number of para-hydroxylation sites is 1. The Morgan fingerprint density at radius 1 is 0.925 bits per heavy atom. The molecule has 0 unspecified atom stereocenters. The third kappa shape index (κ3) is 5.31. The van der Waals surface area contributed by atoms with Crippen LogP contribution in [0.2, 0.25) is 0 Å². The van der Waals surface area contributed by atoms with E-state index in [1.165, 1.54) is 11.5 Å². The highest BCUT2D eigenvalue weighted by molar-refractivity contribution is 7.04. The summed E-state index contributed by atoms with van der Waals surface area (Å²) in [5.41, 5.74) is 9.97. The van der Waals surface area contributed by atoms with Gasteiger partial charge in [0.2, 0.25) is 5.75 Å². The fraction of sp³-hybridized carbons (Fsp3) is 0.200. The first-order valence-electron chi connectivity index (χ1n) is 12.6. The number of amides is 1. The molecular weight excluding hydrogens is 528 g/mol. The number of methoxy groups -OCH3 is 4. The van der Waals surface area contributed by atoms with Crippen LogP contribution in [0.3, 0.4) is 0 Å². The molecule has 0 spiro atoms. The molecule has 10 heteroatoms. The van der Waals surface area contributed by atoms with Gasteiger partial charge in [-0.2, -0.15) is 4.37 Å². The fourth-order valence-electron chi connectivity index (χ4n) is 4.68. The van der Waals surface area contributed by atoms with E-state index in [-0.39, 0.29) is 5.91 Å². The highest BCUT2D eigenvalue weighted by Crippen LogP contribution is 2.44. The lowest BCUT2D eigenvalue weighted by atomic mass is 10.0. The van der Waals surface area contributed by atoms with Crippen molar-refractivity contribution in [3.05, 3.63) is 71.7 Å². The molecule has 2 aromatic heterocycles. The molecule has 0 radical (unpaired) electrons. The minimum atomic E-state index is -0.515. The Morgan fingerprint density at radius 3 is 2.33 bits per heavy atom. The predicted octanol–water partition coefficient (Wildman–Crippen LogP) is 4.78. The summed E-state index contributed by atoms with van der Waals surface area (Å²) < 4.78 is 26.7. The van der Waals surface area contributed by atoms with E-state index >= 15 is 0 Å². The number of quaternary nitrogens is 1. The molecule has 0 saturated carbocycles. The first-order valence-corrected chi connectivity index (χ1v) is 13.4. The molecule has 0 fully saturated rings. The van der Waals surface area contributed by atoms with Gasteiger partial charge in [0, 0.05) is 34.1 Å². The lowest BCUT2D eigenvalue weighted by Crippen LogP contribution is -2.67. The van der Waals surface area contributed by atoms with Gasteiger partial charge in [0.15, 0.2) is 17.5 Å². The molecule has 206 valence electrons. The van der Waals surface area contributed by atoms with Gasteiger partial charge in [-0.05, 0) is 58.9 Å². The lowest BCUT2D eigenvalue weighted by molar-refractivity contribution is -0.402. The van der Waals surface area contributed by atoms with E-state index in [9.17, 15) is 4.79 Å². The largest absolute Gasteiger partial charge is 0.495 e. The monoisotopic (exact) mass is 559 g/mol. The third-order valence-corrected chi connectivity index (χ3v) is 7.33. The van der Waals surface area contributed by atoms with E-state index in [4.69, 9.17) is 18.9 Å². The number of anilines is 1. The number of benzene rings is 3. The van der Waals surface area contributed by atoms with Crippen LogP contribution < -0.4 is 30.0 Å². The minimum Gasteiger partial charge on any atom is -0.495 e. The Bertz CT molecular complexity index is 1600. The SMILES string of the molecule is COc1ccc(-c2csnc2-c2cc(OC)c(OC)c(OC)c2)cc1NC(=O)[C@H]([NH3+])Cc1cc2ccccc2[nH]1. The number of nitrogens with zero attached hydrogens (tertiary/aromatic N) is 1. The first kappa shape index (κ1) is 27.0. The van der Waals surface area contributed by atoms with Crippen molar-refractivity contribution in [2.24, 2.45) is 0 Å². The van der Waals surface area contributed by atoms with Crippen LogP contribution in [0, 0.1) is 0 Å². The molecule has 5 rings (SSSR count). The summed E-state index contributed by atoms with van der Waals surface area (Å²) in [6, 6.07) is 18.9. The van der Waals surface area contributed by atoms with Gasteiger partial charge in [0.1, 0.15) is 5.75 Å². The maximum absolute atomic E-state index is 13.2. The molecule has 0 bridgehead atoms. The van der Waals surface area contributed by atoms with Crippen molar-refractivity contribution < 1.29 is 29.5 Å². The molecule has 0 saturated heterocycles. The van der Waals surface area contributed by atoms with Crippen LogP contribution in [0.25, 0.3) is 33.3 Å². The maximum atomic E-state index is 13.2. The van der Waals surface area contributed by atoms with Gasteiger partial charge in [-0.25, -0.2) is 0 Å². The number of H-pyrrole nitrogens is 1. The number of ether oxygens (including phenoxy) is 4. The van der Waals surface area contributed by atoms with Gasteiger partial charge in [0.05, 0.1) is 39.8 Å². The number of carbonyl (C=O) groups is 1. The highest BCUT2D eigenvalue weighted by Gasteiger charge is 2.22. The zero-order chi connectivity index (χ0) is 28.2. The third-order valence-electron chi connectivity index (χ3n) is 6.70. The van der Waals surface area contributed by atoms with Crippen molar-refractivity contribution in [1.29, 1.82) is 0 Å². The predicted molar refractivity (Wildman–Crippen MR) is 157 cm³/mol. The molecular formula is C30H31N4O5S+. The molecule has 5 N–H and O–H groups in total. The van der Waals surface area contributed by atoms with Crippen molar-refractivity contribution in [2.75, 3.05) is 33.8 Å². The number of hydrogen-bond donors (Lipinski definition) is 3. The Hall–Kier alpha value is -4.54. The van der Waals surface area contributed by atoms with Crippen molar-refractivity contribution in [3.63, 3.8) is 0 Å². The quantitative estimate of drug-likeness (QED) is 0.226. The van der Waals surface area contributed by atoms with E-state index < -0.39 is 6.04 Å². The van der Waals surface area contributed by atoms with Crippen LogP contribution in [-0.2, 0) is 11.2 Å². The summed E-state index contributed by atoms with van der Waals surface area (Å²) >= 11 is 1.34. The van der Waals surface area contributed by atoms with E-state index in [2.05, 4.69) is 26.5 Å². The maximum Gasteiger partial charge on any atom is 0.283 e. The number of fused-ring (bicyclic) bond motifs is 1. The van der Waals surface area contributed by atoms with E-state index in [0.29, 0.717) is 35.1 Å². The zero-order valence-corrected chi connectivity index (χ0v) is 23.6. The van der Waals surface area contributed by atoms with Crippen molar-refractivity contribution in [2.45, 2.75) is 12.5 Å². The Balaban J connectivity index is 1.42. The van der Waals surface area contributed by atoms with Crippen LogP contribution in [0.15, 0.2) is 66.0 Å². The van der Waals surface area contributed by atoms with Crippen molar-refractivity contribution in [1.82, 2.24) is 9.36 Å². The van der Waals surface area contributed by atoms with Gasteiger partial charge < -0.3 is 35.0 Å². The molecule has 40 heavy (non-hydrogen) atoms. The summed E-state index contributed by atoms with van der Waals surface area (Å²) in [7, 11) is 6.30. The second kappa shape index (κ2) is 11.7. The van der Waals surface area contributed by atoms with Crippen molar-refractivity contribution in [3.8, 4) is 45.4 Å². The van der Waals surface area contributed by atoms with Gasteiger partial charge in [-0.1, -0.05) is 24.3 Å². The number of hydrogen-bond acceptors (Lipinski definition) is 7. The number of aromatic nitrogens is 2. The molecule has 0 aliphatic carbocycles.